The summed E-state index contributed by atoms with van der Waals surface area (Å²) in [5.74, 6) is 0.124. The number of benzene rings is 2. The van der Waals surface area contributed by atoms with Crippen molar-refractivity contribution in [2.24, 2.45) is 0 Å². The topological polar surface area (TPSA) is 98.2 Å². The summed E-state index contributed by atoms with van der Waals surface area (Å²) >= 11 is 0. The van der Waals surface area contributed by atoms with Crippen LogP contribution in [0.4, 0.5) is 10.2 Å². The van der Waals surface area contributed by atoms with Crippen molar-refractivity contribution in [3.63, 3.8) is 0 Å². The van der Waals surface area contributed by atoms with E-state index in [9.17, 15) is 14.0 Å². The normalized spacial score (nSPS) is 13.0. The maximum Gasteiger partial charge on any atom is 0.256 e. The van der Waals surface area contributed by atoms with Gasteiger partial charge in [-0.15, -0.1) is 0 Å². The van der Waals surface area contributed by atoms with Crippen molar-refractivity contribution in [1.82, 2.24) is 15.2 Å². The number of carbonyl (C=O) groups is 2. The Balaban J connectivity index is 0.000000202. The predicted molar refractivity (Wildman–Crippen MR) is 140 cm³/mol. The molecule has 0 aliphatic carbocycles. The number of rotatable bonds is 4. The van der Waals surface area contributed by atoms with Gasteiger partial charge in [-0.2, -0.15) is 0 Å². The van der Waals surface area contributed by atoms with Gasteiger partial charge in [0.2, 0.25) is 0 Å². The van der Waals surface area contributed by atoms with Crippen LogP contribution in [-0.4, -0.2) is 47.7 Å². The molecule has 1 fully saturated rings. The fraction of sp³-hybridized carbons (Fsp3) is 0.286. The van der Waals surface area contributed by atoms with Crippen LogP contribution in [0, 0.1) is 18.2 Å². The highest BCUT2D eigenvalue weighted by molar-refractivity contribution is 6.03. The molecule has 3 N–H and O–H groups in total. The molecule has 2 amide bonds. The van der Waals surface area contributed by atoms with Crippen molar-refractivity contribution in [1.29, 1.82) is 5.41 Å². The quantitative estimate of drug-likeness (QED) is 0.354. The molecular formula is C28H32FN5O2. The third-order valence-electron chi connectivity index (χ3n) is 5.81. The van der Waals surface area contributed by atoms with E-state index in [4.69, 9.17) is 5.41 Å². The second-order valence-corrected chi connectivity index (χ2v) is 8.59. The highest BCUT2D eigenvalue weighted by atomic mass is 19.1. The van der Waals surface area contributed by atoms with Gasteiger partial charge in [-0.1, -0.05) is 37.1 Å². The highest BCUT2D eigenvalue weighted by Gasteiger charge is 2.14. The van der Waals surface area contributed by atoms with Crippen molar-refractivity contribution in [2.75, 3.05) is 25.5 Å². The van der Waals surface area contributed by atoms with Crippen LogP contribution < -0.4 is 10.6 Å². The number of amides is 2. The lowest BCUT2D eigenvalue weighted by atomic mass is 10.1. The zero-order valence-corrected chi connectivity index (χ0v) is 20.7. The lowest BCUT2D eigenvalue weighted by Crippen LogP contribution is -2.31. The van der Waals surface area contributed by atoms with Gasteiger partial charge in [-0.25, -0.2) is 9.37 Å². The Hall–Kier alpha value is -4.07. The minimum Gasteiger partial charge on any atom is -0.357 e. The lowest BCUT2D eigenvalue weighted by molar-refractivity contribution is 0.0962. The molecule has 8 heteroatoms. The largest absolute Gasteiger partial charge is 0.357 e. The number of hydrogen-bond donors (Lipinski definition) is 3. The van der Waals surface area contributed by atoms with E-state index in [1.165, 1.54) is 43.9 Å². The maximum atomic E-state index is 12.9. The summed E-state index contributed by atoms with van der Waals surface area (Å²) < 4.78 is 12.9. The van der Waals surface area contributed by atoms with Crippen LogP contribution in [0.5, 0.6) is 0 Å². The van der Waals surface area contributed by atoms with Gasteiger partial charge in [0, 0.05) is 43.0 Å². The molecule has 2 aromatic carbocycles. The van der Waals surface area contributed by atoms with Gasteiger partial charge in [0.1, 0.15) is 17.5 Å². The summed E-state index contributed by atoms with van der Waals surface area (Å²) in [6.45, 7) is 3.84. The Bertz CT molecular complexity index is 1170. The van der Waals surface area contributed by atoms with Gasteiger partial charge < -0.3 is 15.5 Å². The first kappa shape index (κ1) is 26.5. The summed E-state index contributed by atoms with van der Waals surface area (Å²) in [6.07, 6.45) is 6.51. The first-order valence-corrected chi connectivity index (χ1v) is 12.0. The van der Waals surface area contributed by atoms with Gasteiger partial charge in [0.25, 0.3) is 11.8 Å². The number of halogens is 1. The number of hydrogen-bond acceptors (Lipinski definition) is 4. The van der Waals surface area contributed by atoms with Gasteiger partial charge in [-0.3, -0.25) is 15.0 Å². The van der Waals surface area contributed by atoms with Crippen molar-refractivity contribution in [3.8, 4) is 0 Å². The summed E-state index contributed by atoms with van der Waals surface area (Å²) in [7, 11) is 1.62. The monoisotopic (exact) mass is 489 g/mol. The number of anilines is 1. The summed E-state index contributed by atoms with van der Waals surface area (Å²) in [4.78, 5) is 29.4. The third-order valence-corrected chi connectivity index (χ3v) is 5.81. The fourth-order valence-electron chi connectivity index (χ4n) is 3.76. The number of likely N-dealkylation sites (tertiary alicyclic amines) is 1. The summed E-state index contributed by atoms with van der Waals surface area (Å²) in [6, 6.07) is 16.3. The Kier molecular flexibility index (Phi) is 9.68. The van der Waals surface area contributed by atoms with E-state index in [0.29, 0.717) is 17.2 Å². The van der Waals surface area contributed by atoms with E-state index in [2.05, 4.69) is 20.5 Å². The second-order valence-electron chi connectivity index (χ2n) is 8.59. The zero-order chi connectivity index (χ0) is 25.9. The molecule has 1 aliphatic heterocycles. The van der Waals surface area contributed by atoms with Gasteiger partial charge in [-0.05, 0) is 61.7 Å². The Morgan fingerprint density at radius 2 is 1.56 bits per heavy atom. The molecule has 36 heavy (non-hydrogen) atoms. The van der Waals surface area contributed by atoms with Crippen LogP contribution >= 0.6 is 0 Å². The Morgan fingerprint density at radius 3 is 2.14 bits per heavy atom. The van der Waals surface area contributed by atoms with Crippen LogP contribution in [-0.2, 0) is 0 Å². The van der Waals surface area contributed by atoms with Gasteiger partial charge in [0.05, 0.1) is 0 Å². The fourth-order valence-corrected chi connectivity index (χ4v) is 3.76. The van der Waals surface area contributed by atoms with Crippen LogP contribution in [0.25, 0.3) is 0 Å². The molecule has 4 rings (SSSR count). The smallest absolute Gasteiger partial charge is 0.256 e. The van der Waals surface area contributed by atoms with E-state index < -0.39 is 5.82 Å². The molecule has 0 radical (unpaired) electrons. The standard InChI is InChI=1S/C15H21N3O.C13H11FN2O/c1-17-15(19)13-8-6-12(7-9-13)14(16)18-10-4-2-3-5-11-18;1-9-5-6-12(15-8-9)16-13(17)10-3-2-4-11(14)7-10/h6-9,16H,2-5,10-11H2,1H3,(H,17,19);2-8H,1H3,(H,15,16,17). The molecule has 0 unspecified atom stereocenters. The molecule has 2 heterocycles. The van der Waals surface area contributed by atoms with E-state index in [1.807, 2.05) is 25.1 Å². The Morgan fingerprint density at radius 1 is 0.889 bits per heavy atom. The maximum absolute atomic E-state index is 12.9. The molecule has 0 bridgehead atoms. The lowest BCUT2D eigenvalue weighted by Gasteiger charge is -2.23. The number of nitrogens with one attached hydrogen (secondary N) is 3. The second kappa shape index (κ2) is 13.1. The molecule has 1 aliphatic rings. The molecular weight excluding hydrogens is 457 g/mol. The van der Waals surface area contributed by atoms with Crippen LogP contribution in [0.2, 0.25) is 0 Å². The minimum absolute atomic E-state index is 0.0900. The molecule has 188 valence electrons. The SMILES string of the molecule is CNC(=O)c1ccc(C(=N)N2CCCCCC2)cc1.Cc1ccc(NC(=O)c2cccc(F)c2)nc1. The summed E-state index contributed by atoms with van der Waals surface area (Å²) in [5, 5.41) is 13.5. The van der Waals surface area contributed by atoms with E-state index in [-0.39, 0.29) is 17.4 Å². The van der Waals surface area contributed by atoms with E-state index in [0.717, 1.165) is 24.2 Å². The first-order valence-electron chi connectivity index (χ1n) is 12.0. The predicted octanol–water partition coefficient (Wildman–Crippen LogP) is 5.03. The van der Waals surface area contributed by atoms with Crippen molar-refractivity contribution < 1.29 is 14.0 Å². The third kappa shape index (κ3) is 7.73. The van der Waals surface area contributed by atoms with Crippen molar-refractivity contribution in [2.45, 2.75) is 32.6 Å². The van der Waals surface area contributed by atoms with Crippen molar-refractivity contribution >= 4 is 23.5 Å². The molecule has 0 saturated carbocycles. The summed E-state index contributed by atoms with van der Waals surface area (Å²) in [5.41, 5.74) is 2.80. The average Bonchev–Trinajstić information content (AvgIpc) is 3.19. The van der Waals surface area contributed by atoms with Crippen LogP contribution in [0.1, 0.15) is 57.5 Å². The molecule has 0 spiro atoms. The van der Waals surface area contributed by atoms with Crippen LogP contribution in [0.3, 0.4) is 0 Å². The minimum atomic E-state index is -0.436. The average molecular weight is 490 g/mol. The van der Waals surface area contributed by atoms with Gasteiger partial charge >= 0.3 is 0 Å². The number of pyridine rings is 1. The molecule has 7 nitrogen and oxygen atoms in total. The van der Waals surface area contributed by atoms with E-state index in [1.54, 1.807) is 37.5 Å². The molecule has 0 atom stereocenters. The number of aryl methyl sites for hydroxylation is 1. The number of aromatic nitrogens is 1. The molecule has 1 aromatic heterocycles. The first-order chi connectivity index (χ1) is 17.4. The number of amidine groups is 1. The molecule has 1 saturated heterocycles. The van der Waals surface area contributed by atoms with Crippen molar-refractivity contribution in [3.05, 3.63) is 94.9 Å². The van der Waals surface area contributed by atoms with Crippen LogP contribution in [0.15, 0.2) is 66.9 Å². The molecule has 3 aromatic rings. The van der Waals surface area contributed by atoms with E-state index >= 15 is 0 Å². The highest BCUT2D eigenvalue weighted by Crippen LogP contribution is 2.14. The zero-order valence-electron chi connectivity index (χ0n) is 20.7. The van der Waals surface area contributed by atoms with Gasteiger partial charge in [0.15, 0.2) is 0 Å². The Labute approximate surface area is 211 Å². The number of nitrogens with zero attached hydrogens (tertiary/aromatic N) is 2. The number of carbonyl (C=O) groups excluding carboxylic acids is 2.